The fourth-order valence-corrected chi connectivity index (χ4v) is 5.06. The molecule has 3 aromatic carbocycles. The number of hydrogen-bond donors (Lipinski definition) is 0. The molecule has 0 fully saturated rings. The molecular weight excluding hydrogens is 391 g/mol. The second kappa shape index (κ2) is 7.20. The third kappa shape index (κ3) is 3.17. The molecule has 0 bridgehead atoms. The van der Waals surface area contributed by atoms with Crippen LogP contribution < -0.4 is 19.3 Å². The molecule has 0 spiro atoms. The summed E-state index contributed by atoms with van der Waals surface area (Å²) in [6, 6.07) is 25.6. The molecule has 0 saturated carbocycles. The van der Waals surface area contributed by atoms with Gasteiger partial charge in [-0.3, -0.25) is 0 Å². The minimum absolute atomic E-state index is 0.00727. The van der Waals surface area contributed by atoms with Crippen molar-refractivity contribution in [3.63, 3.8) is 0 Å². The van der Waals surface area contributed by atoms with Crippen molar-refractivity contribution < 1.29 is 9.15 Å². The van der Waals surface area contributed by atoms with Crippen LogP contribution in [0.5, 0.6) is 5.75 Å². The van der Waals surface area contributed by atoms with Gasteiger partial charge in [0.05, 0.1) is 0 Å². The Morgan fingerprint density at radius 1 is 0.808 bits per heavy atom. The normalized spacial score (nSPS) is 10.8. The van der Waals surface area contributed by atoms with E-state index in [1.807, 2.05) is 66.7 Å². The van der Waals surface area contributed by atoms with Crippen LogP contribution in [-0.4, -0.2) is 22.1 Å². The predicted octanol–water partition coefficient (Wildman–Crippen LogP) is 3.12. The first-order valence-electron chi connectivity index (χ1n) is 8.19. The van der Waals surface area contributed by atoms with Crippen molar-refractivity contribution in [2.75, 3.05) is 7.11 Å². The molecule has 4 rings (SSSR count). The van der Waals surface area contributed by atoms with Gasteiger partial charge in [0.15, 0.2) is 0 Å². The molecule has 26 heavy (non-hydrogen) atoms. The first-order chi connectivity index (χ1) is 12.8. The van der Waals surface area contributed by atoms with E-state index >= 15 is 0 Å². The predicted molar refractivity (Wildman–Crippen MR) is 106 cm³/mol. The Balaban J connectivity index is 1.95. The summed E-state index contributed by atoms with van der Waals surface area (Å²) in [5, 5.41) is 1.58. The van der Waals surface area contributed by atoms with Crippen LogP contribution in [0.3, 0.4) is 0 Å². The number of benzene rings is 3. The van der Waals surface area contributed by atoms with Crippen molar-refractivity contribution in [1.29, 1.82) is 0 Å². The molecule has 3 nitrogen and oxygen atoms in total. The molecule has 0 unspecified atom stereocenters. The molecule has 128 valence electrons. The zero-order valence-electron chi connectivity index (χ0n) is 14.1. The average molecular weight is 407 g/mol. The second-order valence-corrected chi connectivity index (χ2v) is 8.01. The van der Waals surface area contributed by atoms with Gasteiger partial charge in [-0.1, -0.05) is 0 Å². The van der Waals surface area contributed by atoms with E-state index in [-0.39, 0.29) is 20.6 Å². The van der Waals surface area contributed by atoms with Crippen LogP contribution in [0.15, 0.2) is 88.1 Å². The van der Waals surface area contributed by atoms with Crippen LogP contribution in [0.4, 0.5) is 0 Å². The zero-order chi connectivity index (χ0) is 17.9. The molecule has 1 heterocycles. The monoisotopic (exact) mass is 408 g/mol. The third-order valence-electron chi connectivity index (χ3n) is 4.11. The van der Waals surface area contributed by atoms with Crippen LogP contribution in [-0.2, 0) is 0 Å². The van der Waals surface area contributed by atoms with Gasteiger partial charge in [-0.25, -0.2) is 0 Å². The topological polar surface area (TPSA) is 39.4 Å². The van der Waals surface area contributed by atoms with Crippen molar-refractivity contribution >= 4 is 34.7 Å². The molecule has 0 radical (unpaired) electrons. The van der Waals surface area contributed by atoms with E-state index in [2.05, 4.69) is 12.1 Å². The van der Waals surface area contributed by atoms with Gasteiger partial charge < -0.3 is 0 Å². The van der Waals surface area contributed by atoms with Crippen molar-refractivity contribution in [1.82, 2.24) is 0 Å². The molecule has 0 amide bonds. The van der Waals surface area contributed by atoms with Crippen LogP contribution in [0, 0.1) is 0 Å². The summed E-state index contributed by atoms with van der Waals surface area (Å²) in [5.41, 5.74) is 0.570. The van der Waals surface area contributed by atoms with Crippen LogP contribution >= 0.6 is 0 Å². The minimum atomic E-state index is -0.306. The van der Waals surface area contributed by atoms with Gasteiger partial charge in [0.25, 0.3) is 0 Å². The first kappa shape index (κ1) is 16.6. The van der Waals surface area contributed by atoms with Crippen molar-refractivity contribution in [3.05, 3.63) is 89.3 Å². The quantitative estimate of drug-likeness (QED) is 0.488. The summed E-state index contributed by atoms with van der Waals surface area (Å²) in [7, 11) is 1.63. The van der Waals surface area contributed by atoms with E-state index in [4.69, 9.17) is 9.15 Å². The van der Waals surface area contributed by atoms with Gasteiger partial charge >= 0.3 is 157 Å². The van der Waals surface area contributed by atoms with Gasteiger partial charge in [0.1, 0.15) is 0 Å². The van der Waals surface area contributed by atoms with E-state index in [0.29, 0.717) is 11.1 Å². The summed E-state index contributed by atoms with van der Waals surface area (Å²) in [6.45, 7) is 0. The Hall–Kier alpha value is -2.81. The summed E-state index contributed by atoms with van der Waals surface area (Å²) in [6.07, 6.45) is 0. The Bertz CT molecular complexity index is 1100. The van der Waals surface area contributed by atoms with Crippen molar-refractivity contribution in [3.8, 4) is 17.1 Å². The zero-order valence-corrected chi connectivity index (χ0v) is 15.9. The van der Waals surface area contributed by atoms with Crippen molar-refractivity contribution in [2.45, 2.75) is 0 Å². The van der Waals surface area contributed by atoms with Crippen LogP contribution in [0.1, 0.15) is 0 Å². The fraction of sp³-hybridized carbons (Fsp3) is 0.0455. The third-order valence-corrected chi connectivity index (χ3v) is 6.45. The molecule has 0 aliphatic carbocycles. The Kier molecular flexibility index (Phi) is 4.61. The molecule has 0 aliphatic heterocycles. The Morgan fingerprint density at radius 2 is 1.46 bits per heavy atom. The number of hydrogen-bond acceptors (Lipinski definition) is 3. The van der Waals surface area contributed by atoms with Gasteiger partial charge in [0.2, 0.25) is 0 Å². The molecule has 1 aromatic heterocycles. The SMILES string of the molecule is COc1ccc(-c2oc(=O)c3ccccc3c2[Se]c2ccccc2)cc1. The van der Waals surface area contributed by atoms with E-state index in [0.717, 1.165) is 21.2 Å². The van der Waals surface area contributed by atoms with Crippen LogP contribution in [0.2, 0.25) is 0 Å². The van der Waals surface area contributed by atoms with E-state index < -0.39 is 0 Å². The number of methoxy groups -OCH3 is 1. The standard InChI is InChI=1S/C22H16O3Se/c1-24-16-13-11-15(12-14-16)20-21(26-17-7-3-2-4-8-17)18-9-5-6-10-19(18)22(23)25-20/h2-14H,1H3. The van der Waals surface area contributed by atoms with E-state index in [1.54, 1.807) is 7.11 Å². The van der Waals surface area contributed by atoms with Gasteiger partial charge in [0, 0.05) is 0 Å². The molecule has 0 aliphatic rings. The van der Waals surface area contributed by atoms with Gasteiger partial charge in [-0.15, -0.1) is 0 Å². The Morgan fingerprint density at radius 3 is 2.15 bits per heavy atom. The average Bonchev–Trinajstić information content (AvgIpc) is 2.71. The van der Waals surface area contributed by atoms with E-state index in [1.165, 1.54) is 4.46 Å². The fourth-order valence-electron chi connectivity index (χ4n) is 2.82. The number of fused-ring (bicyclic) bond motifs is 1. The molecular formula is C22H16O3Se. The molecule has 0 saturated heterocycles. The molecule has 0 N–H and O–H groups in total. The maximum atomic E-state index is 12.5. The molecule has 0 atom stereocenters. The summed E-state index contributed by atoms with van der Waals surface area (Å²) in [5.74, 6) is 1.41. The first-order valence-corrected chi connectivity index (χ1v) is 9.91. The van der Waals surface area contributed by atoms with E-state index in [9.17, 15) is 4.79 Å². The molecule has 4 heteroatoms. The number of ether oxygens (including phenoxy) is 1. The van der Waals surface area contributed by atoms with Crippen LogP contribution in [0.25, 0.3) is 22.1 Å². The summed E-state index contributed by atoms with van der Waals surface area (Å²) >= 11 is 0.00727. The van der Waals surface area contributed by atoms with Gasteiger partial charge in [-0.2, -0.15) is 0 Å². The maximum absolute atomic E-state index is 12.5. The van der Waals surface area contributed by atoms with Crippen molar-refractivity contribution in [2.24, 2.45) is 0 Å². The Labute approximate surface area is 157 Å². The second-order valence-electron chi connectivity index (χ2n) is 5.74. The summed E-state index contributed by atoms with van der Waals surface area (Å²) in [4.78, 5) is 12.5. The van der Waals surface area contributed by atoms with Gasteiger partial charge in [-0.05, 0) is 0 Å². The number of rotatable bonds is 4. The summed E-state index contributed by atoms with van der Waals surface area (Å²) < 4.78 is 13.3. The molecule has 4 aromatic rings.